The zero-order valence-electron chi connectivity index (χ0n) is 8.73. The number of ketones is 1. The zero-order valence-corrected chi connectivity index (χ0v) is 8.73. The number of primary amides is 1. The van der Waals surface area contributed by atoms with Gasteiger partial charge in [-0.3, -0.25) is 9.59 Å². The summed E-state index contributed by atoms with van der Waals surface area (Å²) in [4.78, 5) is 22.0. The van der Waals surface area contributed by atoms with Crippen LogP contribution >= 0.6 is 0 Å². The topological polar surface area (TPSA) is 83.9 Å². The van der Waals surface area contributed by atoms with Gasteiger partial charge in [-0.2, -0.15) is 5.26 Å². The van der Waals surface area contributed by atoms with Gasteiger partial charge >= 0.3 is 0 Å². The van der Waals surface area contributed by atoms with Gasteiger partial charge in [0.1, 0.15) is 0 Å². The maximum Gasteiger partial charge on any atom is 0.252 e. The SMILES string of the molecule is CC(=O)/C(=C/c1ccc(C#N)cc1)C(N)=O. The lowest BCUT2D eigenvalue weighted by atomic mass is 10.1. The highest BCUT2D eigenvalue weighted by atomic mass is 16.2. The molecule has 0 aliphatic carbocycles. The van der Waals surface area contributed by atoms with Crippen LogP contribution in [0.3, 0.4) is 0 Å². The van der Waals surface area contributed by atoms with E-state index >= 15 is 0 Å². The molecule has 0 bridgehead atoms. The Morgan fingerprint density at radius 2 is 1.88 bits per heavy atom. The molecule has 4 heteroatoms. The van der Waals surface area contributed by atoms with Crippen molar-refractivity contribution in [3.05, 3.63) is 41.0 Å². The van der Waals surface area contributed by atoms with Gasteiger partial charge in [0, 0.05) is 0 Å². The van der Waals surface area contributed by atoms with Crippen molar-refractivity contribution >= 4 is 17.8 Å². The van der Waals surface area contributed by atoms with Crippen molar-refractivity contribution in [2.45, 2.75) is 6.92 Å². The molecule has 0 aliphatic rings. The molecule has 0 atom stereocenters. The van der Waals surface area contributed by atoms with Crippen LogP contribution in [0.25, 0.3) is 6.08 Å². The second kappa shape index (κ2) is 4.89. The fourth-order valence-corrected chi connectivity index (χ4v) is 1.17. The standard InChI is InChI=1S/C12H10N2O2/c1-8(15)11(12(14)16)6-9-2-4-10(7-13)5-3-9/h2-6H,1H3,(H2,14,16)/b11-6-. The molecule has 1 rings (SSSR count). The number of carbonyl (C=O) groups excluding carboxylic acids is 2. The predicted octanol–water partition coefficient (Wildman–Crippen LogP) is 1.02. The molecule has 0 aliphatic heterocycles. The normalized spacial score (nSPS) is 10.6. The van der Waals surface area contributed by atoms with E-state index in [1.165, 1.54) is 13.0 Å². The largest absolute Gasteiger partial charge is 0.365 e. The van der Waals surface area contributed by atoms with E-state index in [2.05, 4.69) is 0 Å². The summed E-state index contributed by atoms with van der Waals surface area (Å²) in [6.07, 6.45) is 1.41. The van der Waals surface area contributed by atoms with Gasteiger partial charge in [-0.15, -0.1) is 0 Å². The first kappa shape index (κ1) is 11.7. The highest BCUT2D eigenvalue weighted by molar-refractivity contribution is 6.21. The van der Waals surface area contributed by atoms with Crippen LogP contribution in [0.4, 0.5) is 0 Å². The van der Waals surface area contributed by atoms with Crippen molar-refractivity contribution in [1.82, 2.24) is 0 Å². The lowest BCUT2D eigenvalue weighted by Crippen LogP contribution is -2.18. The maximum absolute atomic E-state index is 11.1. The quantitative estimate of drug-likeness (QED) is 0.463. The first-order chi connectivity index (χ1) is 7.54. The molecule has 0 unspecified atom stereocenters. The second-order valence-corrected chi connectivity index (χ2v) is 3.21. The molecule has 80 valence electrons. The van der Waals surface area contributed by atoms with Gasteiger partial charge in [-0.1, -0.05) is 12.1 Å². The monoisotopic (exact) mass is 214 g/mol. The molecule has 0 heterocycles. The molecule has 2 N–H and O–H groups in total. The van der Waals surface area contributed by atoms with E-state index in [0.29, 0.717) is 11.1 Å². The average Bonchev–Trinajstić information content (AvgIpc) is 2.25. The lowest BCUT2D eigenvalue weighted by Gasteiger charge is -1.98. The summed E-state index contributed by atoms with van der Waals surface area (Å²) in [5.74, 6) is -1.13. The van der Waals surface area contributed by atoms with Crippen LogP contribution < -0.4 is 5.73 Å². The number of amides is 1. The van der Waals surface area contributed by atoms with Crippen LogP contribution in [0.1, 0.15) is 18.1 Å². The maximum atomic E-state index is 11.1. The van der Waals surface area contributed by atoms with Gasteiger partial charge in [-0.25, -0.2) is 0 Å². The highest BCUT2D eigenvalue weighted by Gasteiger charge is 2.09. The first-order valence-corrected chi connectivity index (χ1v) is 4.57. The smallest absolute Gasteiger partial charge is 0.252 e. The number of nitrogens with two attached hydrogens (primary N) is 1. The van der Waals surface area contributed by atoms with Gasteiger partial charge in [0.2, 0.25) is 0 Å². The minimum Gasteiger partial charge on any atom is -0.365 e. The Morgan fingerprint density at radius 1 is 1.31 bits per heavy atom. The zero-order chi connectivity index (χ0) is 12.1. The van der Waals surface area contributed by atoms with Crippen LogP contribution in [-0.2, 0) is 9.59 Å². The van der Waals surface area contributed by atoms with Gasteiger partial charge in [-0.05, 0) is 30.7 Å². The molecule has 0 aromatic heterocycles. The van der Waals surface area contributed by atoms with E-state index in [0.717, 1.165) is 0 Å². The number of rotatable bonds is 3. The number of Topliss-reactive ketones (excluding diaryl/α,β-unsaturated/α-hetero) is 1. The molecule has 0 saturated heterocycles. The van der Waals surface area contributed by atoms with E-state index in [-0.39, 0.29) is 11.4 Å². The van der Waals surface area contributed by atoms with E-state index < -0.39 is 5.91 Å². The Labute approximate surface area is 93.0 Å². The number of hydrogen-bond donors (Lipinski definition) is 1. The Balaban J connectivity index is 3.10. The summed E-state index contributed by atoms with van der Waals surface area (Å²) < 4.78 is 0. The molecular weight excluding hydrogens is 204 g/mol. The Bertz CT molecular complexity index is 477. The van der Waals surface area contributed by atoms with E-state index in [4.69, 9.17) is 11.0 Å². The molecule has 1 aromatic rings. The molecule has 0 saturated carbocycles. The first-order valence-electron chi connectivity index (χ1n) is 4.57. The third-order valence-corrected chi connectivity index (χ3v) is 2.00. The summed E-state index contributed by atoms with van der Waals surface area (Å²) >= 11 is 0. The number of hydrogen-bond acceptors (Lipinski definition) is 3. The highest BCUT2D eigenvalue weighted by Crippen LogP contribution is 2.09. The Kier molecular flexibility index (Phi) is 3.57. The van der Waals surface area contributed by atoms with Crippen LogP contribution in [0.2, 0.25) is 0 Å². The van der Waals surface area contributed by atoms with Gasteiger partial charge < -0.3 is 5.73 Å². The second-order valence-electron chi connectivity index (χ2n) is 3.21. The molecule has 0 spiro atoms. The Morgan fingerprint density at radius 3 is 2.25 bits per heavy atom. The molecule has 0 radical (unpaired) electrons. The summed E-state index contributed by atoms with van der Waals surface area (Å²) in [5, 5.41) is 8.59. The van der Waals surface area contributed by atoms with Gasteiger partial charge in [0.25, 0.3) is 5.91 Å². The summed E-state index contributed by atoms with van der Waals surface area (Å²) in [7, 11) is 0. The average molecular weight is 214 g/mol. The van der Waals surface area contributed by atoms with Crippen molar-refractivity contribution in [3.8, 4) is 6.07 Å². The summed E-state index contributed by atoms with van der Waals surface area (Å²) in [6, 6.07) is 8.46. The van der Waals surface area contributed by atoms with E-state index in [1.807, 2.05) is 6.07 Å². The fourth-order valence-electron chi connectivity index (χ4n) is 1.17. The van der Waals surface area contributed by atoms with Gasteiger partial charge in [0.05, 0.1) is 17.2 Å². The van der Waals surface area contributed by atoms with Crippen molar-refractivity contribution in [1.29, 1.82) is 5.26 Å². The number of nitrogens with zero attached hydrogens (tertiary/aromatic N) is 1. The lowest BCUT2D eigenvalue weighted by molar-refractivity contribution is -0.119. The molecule has 0 fully saturated rings. The number of nitriles is 1. The van der Waals surface area contributed by atoms with Crippen molar-refractivity contribution in [2.24, 2.45) is 5.73 Å². The third-order valence-electron chi connectivity index (χ3n) is 2.00. The van der Waals surface area contributed by atoms with Crippen molar-refractivity contribution in [2.75, 3.05) is 0 Å². The molecule has 4 nitrogen and oxygen atoms in total. The van der Waals surface area contributed by atoms with Crippen molar-refractivity contribution < 1.29 is 9.59 Å². The van der Waals surface area contributed by atoms with Crippen LogP contribution in [-0.4, -0.2) is 11.7 Å². The minimum atomic E-state index is -0.753. The summed E-state index contributed by atoms with van der Waals surface area (Å²) in [6.45, 7) is 1.28. The van der Waals surface area contributed by atoms with E-state index in [9.17, 15) is 9.59 Å². The fraction of sp³-hybridized carbons (Fsp3) is 0.0833. The predicted molar refractivity (Wildman–Crippen MR) is 59.0 cm³/mol. The minimum absolute atomic E-state index is 0.0512. The summed E-state index contributed by atoms with van der Waals surface area (Å²) in [5.41, 5.74) is 6.18. The van der Waals surface area contributed by atoms with E-state index in [1.54, 1.807) is 24.3 Å². The molecular formula is C12H10N2O2. The third kappa shape index (κ3) is 2.79. The Hall–Kier alpha value is -2.41. The molecule has 1 amide bonds. The molecule has 16 heavy (non-hydrogen) atoms. The van der Waals surface area contributed by atoms with Crippen LogP contribution in [0.15, 0.2) is 29.8 Å². The van der Waals surface area contributed by atoms with Crippen molar-refractivity contribution in [3.63, 3.8) is 0 Å². The number of benzene rings is 1. The number of carbonyl (C=O) groups is 2. The van der Waals surface area contributed by atoms with Gasteiger partial charge in [0.15, 0.2) is 5.78 Å². The van der Waals surface area contributed by atoms with Crippen LogP contribution in [0.5, 0.6) is 0 Å². The van der Waals surface area contributed by atoms with Crippen LogP contribution in [0, 0.1) is 11.3 Å². The molecule has 1 aromatic carbocycles.